The van der Waals surface area contributed by atoms with Gasteiger partial charge in [-0.3, -0.25) is 14.7 Å². The van der Waals surface area contributed by atoms with E-state index in [4.69, 9.17) is 0 Å². The molecule has 0 bridgehead atoms. The van der Waals surface area contributed by atoms with Crippen LogP contribution < -0.4 is 5.32 Å². The van der Waals surface area contributed by atoms with Gasteiger partial charge in [-0.25, -0.2) is 0 Å². The Labute approximate surface area is 177 Å². The quantitative estimate of drug-likeness (QED) is 0.399. The highest BCUT2D eigenvalue weighted by Crippen LogP contribution is 2.27. The van der Waals surface area contributed by atoms with E-state index in [1.165, 1.54) is 30.8 Å². The molecule has 2 aliphatic heterocycles. The van der Waals surface area contributed by atoms with Crippen LogP contribution in [-0.4, -0.2) is 79.4 Å². The summed E-state index contributed by atoms with van der Waals surface area (Å²) >= 11 is 1.84. The molecule has 3 rings (SSSR count). The van der Waals surface area contributed by atoms with Crippen molar-refractivity contribution >= 4 is 47.2 Å². The minimum atomic E-state index is 0. The molecule has 146 valence electrons. The Balaban J connectivity index is 0.00000243. The van der Waals surface area contributed by atoms with Gasteiger partial charge >= 0.3 is 0 Å². The van der Waals surface area contributed by atoms with Gasteiger partial charge in [0.2, 0.25) is 5.91 Å². The van der Waals surface area contributed by atoms with Crippen LogP contribution in [0, 0.1) is 0 Å². The van der Waals surface area contributed by atoms with Crippen LogP contribution in [0.3, 0.4) is 0 Å². The summed E-state index contributed by atoms with van der Waals surface area (Å²) in [5.41, 5.74) is 0. The number of carbonyl (C=O) groups is 1. The number of amides is 1. The highest BCUT2D eigenvalue weighted by molar-refractivity contribution is 14.0. The fourth-order valence-corrected chi connectivity index (χ4v) is 4.56. The fraction of sp³-hybridized carbons (Fsp3) is 0.667. The van der Waals surface area contributed by atoms with Crippen molar-refractivity contribution in [2.45, 2.75) is 25.8 Å². The van der Waals surface area contributed by atoms with Gasteiger partial charge < -0.3 is 15.1 Å². The molecule has 2 fully saturated rings. The summed E-state index contributed by atoms with van der Waals surface area (Å²) in [5.74, 6) is 1.11. The molecule has 1 amide bonds. The number of halogens is 1. The third-order valence-electron chi connectivity index (χ3n) is 5.14. The van der Waals surface area contributed by atoms with Crippen LogP contribution in [0.5, 0.6) is 0 Å². The van der Waals surface area contributed by atoms with Crippen molar-refractivity contribution in [3.05, 3.63) is 22.4 Å². The molecular formula is C18H30IN5OS. The molecule has 1 unspecified atom stereocenters. The van der Waals surface area contributed by atoms with Crippen molar-refractivity contribution in [3.8, 4) is 0 Å². The predicted molar refractivity (Wildman–Crippen MR) is 118 cm³/mol. The molecule has 0 radical (unpaired) electrons. The summed E-state index contributed by atoms with van der Waals surface area (Å²) in [4.78, 5) is 24.1. The molecule has 1 atom stereocenters. The number of piperazine rings is 1. The summed E-state index contributed by atoms with van der Waals surface area (Å²) in [5, 5.41) is 5.75. The van der Waals surface area contributed by atoms with Crippen LogP contribution >= 0.6 is 35.3 Å². The number of rotatable bonds is 4. The topological polar surface area (TPSA) is 51.2 Å². The van der Waals surface area contributed by atoms with E-state index in [1.807, 2.05) is 23.3 Å². The van der Waals surface area contributed by atoms with E-state index < -0.39 is 0 Å². The van der Waals surface area contributed by atoms with E-state index >= 15 is 0 Å². The lowest BCUT2D eigenvalue weighted by Crippen LogP contribution is -2.54. The zero-order valence-electron chi connectivity index (χ0n) is 15.7. The van der Waals surface area contributed by atoms with E-state index in [2.05, 4.69) is 37.6 Å². The summed E-state index contributed by atoms with van der Waals surface area (Å²) in [7, 11) is 1.84. The Bertz CT molecular complexity index is 580. The van der Waals surface area contributed by atoms with Crippen LogP contribution in [0.2, 0.25) is 0 Å². The van der Waals surface area contributed by atoms with Crippen molar-refractivity contribution in [1.82, 2.24) is 20.0 Å². The molecular weight excluding hydrogens is 461 g/mol. The smallest absolute Gasteiger partial charge is 0.219 e. The zero-order valence-corrected chi connectivity index (χ0v) is 18.8. The Morgan fingerprint density at radius 2 is 1.85 bits per heavy atom. The van der Waals surface area contributed by atoms with E-state index in [0.717, 1.165) is 38.7 Å². The van der Waals surface area contributed by atoms with Gasteiger partial charge in [0.15, 0.2) is 5.96 Å². The molecule has 8 heteroatoms. The molecule has 2 aliphatic rings. The number of nitrogens with one attached hydrogen (secondary N) is 1. The molecule has 0 spiro atoms. The number of carbonyl (C=O) groups excluding carboxylic acids is 1. The highest BCUT2D eigenvalue weighted by Gasteiger charge is 2.26. The van der Waals surface area contributed by atoms with Gasteiger partial charge in [-0.15, -0.1) is 35.3 Å². The van der Waals surface area contributed by atoms with Crippen LogP contribution in [0.15, 0.2) is 22.5 Å². The van der Waals surface area contributed by atoms with Gasteiger partial charge in [0.25, 0.3) is 0 Å². The molecule has 2 saturated heterocycles. The van der Waals surface area contributed by atoms with E-state index in [-0.39, 0.29) is 29.9 Å². The van der Waals surface area contributed by atoms with E-state index in [0.29, 0.717) is 6.04 Å². The van der Waals surface area contributed by atoms with Crippen molar-refractivity contribution in [1.29, 1.82) is 0 Å². The third kappa shape index (κ3) is 5.32. The average molecular weight is 491 g/mol. The third-order valence-corrected chi connectivity index (χ3v) is 6.12. The van der Waals surface area contributed by atoms with Gasteiger partial charge in [-0.05, 0) is 37.4 Å². The number of guanidine groups is 1. The first-order chi connectivity index (χ1) is 12.2. The van der Waals surface area contributed by atoms with Gasteiger partial charge in [0, 0.05) is 51.6 Å². The SMILES string of the molecule is CN=C(NCC(c1cccs1)N1CCCC1)N1CCN(C(C)=O)CC1.I. The molecule has 3 heterocycles. The van der Waals surface area contributed by atoms with Crippen LogP contribution in [0.4, 0.5) is 0 Å². The number of hydrogen-bond donors (Lipinski definition) is 1. The largest absolute Gasteiger partial charge is 0.354 e. The number of thiophene rings is 1. The Morgan fingerprint density at radius 3 is 2.38 bits per heavy atom. The lowest BCUT2D eigenvalue weighted by atomic mass is 10.2. The minimum Gasteiger partial charge on any atom is -0.354 e. The van der Waals surface area contributed by atoms with Crippen molar-refractivity contribution in [2.75, 3.05) is 52.9 Å². The molecule has 1 N–H and O–H groups in total. The molecule has 0 aliphatic carbocycles. The van der Waals surface area contributed by atoms with Crippen molar-refractivity contribution < 1.29 is 4.79 Å². The molecule has 0 saturated carbocycles. The zero-order chi connectivity index (χ0) is 17.6. The molecule has 1 aromatic rings. The fourth-order valence-electron chi connectivity index (χ4n) is 3.70. The Hall–Kier alpha value is -0.870. The van der Waals surface area contributed by atoms with Crippen LogP contribution in [0.1, 0.15) is 30.7 Å². The van der Waals surface area contributed by atoms with Crippen molar-refractivity contribution in [2.24, 2.45) is 4.99 Å². The number of nitrogens with zero attached hydrogens (tertiary/aromatic N) is 4. The second-order valence-corrected chi connectivity index (χ2v) is 7.67. The lowest BCUT2D eigenvalue weighted by Gasteiger charge is -2.37. The lowest BCUT2D eigenvalue weighted by molar-refractivity contribution is -0.130. The number of aliphatic imine (C=N–C) groups is 1. The van der Waals surface area contributed by atoms with Crippen LogP contribution in [0.25, 0.3) is 0 Å². The van der Waals surface area contributed by atoms with Gasteiger partial charge in [0.05, 0.1) is 6.04 Å². The molecule has 6 nitrogen and oxygen atoms in total. The van der Waals surface area contributed by atoms with Gasteiger partial charge in [-0.2, -0.15) is 0 Å². The Morgan fingerprint density at radius 1 is 1.19 bits per heavy atom. The van der Waals surface area contributed by atoms with Crippen LogP contribution in [-0.2, 0) is 4.79 Å². The summed E-state index contributed by atoms with van der Waals surface area (Å²) < 4.78 is 0. The van der Waals surface area contributed by atoms with Gasteiger partial charge in [0.1, 0.15) is 0 Å². The maximum absolute atomic E-state index is 11.5. The second-order valence-electron chi connectivity index (χ2n) is 6.70. The Kier molecular flexibility index (Phi) is 8.62. The highest BCUT2D eigenvalue weighted by atomic mass is 127. The monoisotopic (exact) mass is 491 g/mol. The number of hydrogen-bond acceptors (Lipinski definition) is 4. The number of likely N-dealkylation sites (tertiary alicyclic amines) is 1. The summed E-state index contributed by atoms with van der Waals surface area (Å²) in [6, 6.07) is 4.79. The van der Waals surface area contributed by atoms with E-state index in [9.17, 15) is 4.79 Å². The van der Waals surface area contributed by atoms with E-state index in [1.54, 1.807) is 6.92 Å². The maximum atomic E-state index is 11.5. The minimum absolute atomic E-state index is 0. The molecule has 0 aromatic carbocycles. The van der Waals surface area contributed by atoms with Crippen molar-refractivity contribution in [3.63, 3.8) is 0 Å². The average Bonchev–Trinajstić information content (AvgIpc) is 3.33. The van der Waals surface area contributed by atoms with Gasteiger partial charge in [-0.1, -0.05) is 6.07 Å². The normalized spacial score (nSPS) is 20.0. The summed E-state index contributed by atoms with van der Waals surface area (Å²) in [6.07, 6.45) is 2.59. The summed E-state index contributed by atoms with van der Waals surface area (Å²) in [6.45, 7) is 8.11. The first-order valence-electron chi connectivity index (χ1n) is 9.17. The first-order valence-corrected chi connectivity index (χ1v) is 10.1. The molecule has 26 heavy (non-hydrogen) atoms. The molecule has 1 aromatic heterocycles. The predicted octanol–water partition coefficient (Wildman–Crippen LogP) is 2.24. The maximum Gasteiger partial charge on any atom is 0.219 e. The standard InChI is InChI=1S/C18H29N5OS.HI/c1-15(24)21-9-11-23(12-10-21)18(19-2)20-14-16(17-6-5-13-25-17)22-7-3-4-8-22;/h5-6,13,16H,3-4,7-12,14H2,1-2H3,(H,19,20);1H. The first kappa shape index (κ1) is 21.4. The second kappa shape index (κ2) is 10.5.